The van der Waals surface area contributed by atoms with E-state index in [4.69, 9.17) is 5.73 Å². The summed E-state index contributed by atoms with van der Waals surface area (Å²) in [6.45, 7) is 4.56. The van der Waals surface area contributed by atoms with Gasteiger partial charge in [0.05, 0.1) is 0 Å². The number of hydrogen-bond acceptors (Lipinski definition) is 1. The average Bonchev–Trinajstić information content (AvgIpc) is 2.25. The first-order chi connectivity index (χ1) is 7.24. The van der Waals surface area contributed by atoms with Crippen molar-refractivity contribution in [2.75, 3.05) is 5.73 Å². The van der Waals surface area contributed by atoms with Crippen molar-refractivity contribution in [2.24, 2.45) is 0 Å². The van der Waals surface area contributed by atoms with Gasteiger partial charge < -0.3 is 5.73 Å². The van der Waals surface area contributed by atoms with Gasteiger partial charge in [-0.1, -0.05) is 51.7 Å². The lowest BCUT2D eigenvalue weighted by Crippen LogP contribution is -1.94. The fourth-order valence-corrected chi connectivity index (χ4v) is 1.87. The lowest BCUT2D eigenvalue weighted by Gasteiger charge is -2.11. The van der Waals surface area contributed by atoms with Crippen LogP contribution in [0.1, 0.15) is 57.4 Å². The molecular weight excluding hydrogens is 182 g/mol. The van der Waals surface area contributed by atoms with Crippen LogP contribution in [-0.2, 0) is 0 Å². The molecule has 0 spiro atoms. The van der Waals surface area contributed by atoms with E-state index in [2.05, 4.69) is 26.0 Å². The monoisotopic (exact) mass is 205 g/mol. The highest BCUT2D eigenvalue weighted by Crippen LogP contribution is 2.22. The number of nitrogen functional groups attached to an aromatic ring is 1. The number of unbranched alkanes of at least 4 members (excludes halogenated alkanes) is 3. The molecule has 0 aliphatic heterocycles. The Morgan fingerprint density at radius 3 is 2.33 bits per heavy atom. The van der Waals surface area contributed by atoms with E-state index in [1.165, 1.54) is 37.7 Å². The van der Waals surface area contributed by atoms with E-state index in [0.29, 0.717) is 5.92 Å². The fourth-order valence-electron chi connectivity index (χ4n) is 1.87. The van der Waals surface area contributed by atoms with Crippen LogP contribution in [0, 0.1) is 0 Å². The zero-order valence-corrected chi connectivity index (χ0v) is 10.00. The first-order valence-electron chi connectivity index (χ1n) is 6.09. The van der Waals surface area contributed by atoms with E-state index in [-0.39, 0.29) is 0 Å². The molecule has 0 unspecified atom stereocenters. The molecule has 0 bridgehead atoms. The highest BCUT2D eigenvalue weighted by Gasteiger charge is 2.04. The maximum absolute atomic E-state index is 5.67. The lowest BCUT2D eigenvalue weighted by molar-refractivity contribution is 0.580. The van der Waals surface area contributed by atoms with Gasteiger partial charge >= 0.3 is 0 Å². The Morgan fingerprint density at radius 2 is 1.73 bits per heavy atom. The van der Waals surface area contributed by atoms with E-state index in [1.54, 1.807) is 0 Å². The molecule has 1 nitrogen and oxygen atoms in total. The van der Waals surface area contributed by atoms with Crippen molar-refractivity contribution in [3.63, 3.8) is 0 Å². The molecule has 1 heteroatoms. The van der Waals surface area contributed by atoms with Crippen molar-refractivity contribution in [1.82, 2.24) is 0 Å². The van der Waals surface area contributed by atoms with Gasteiger partial charge in [0, 0.05) is 5.69 Å². The van der Waals surface area contributed by atoms with Gasteiger partial charge in [-0.15, -0.1) is 0 Å². The van der Waals surface area contributed by atoms with Crippen LogP contribution in [0.4, 0.5) is 5.69 Å². The molecule has 1 aromatic rings. The molecule has 84 valence electrons. The van der Waals surface area contributed by atoms with Crippen LogP contribution in [0.5, 0.6) is 0 Å². The van der Waals surface area contributed by atoms with Crippen LogP contribution in [0.25, 0.3) is 0 Å². The van der Waals surface area contributed by atoms with E-state index in [0.717, 1.165) is 5.69 Å². The normalized spacial score (nSPS) is 12.7. The highest BCUT2D eigenvalue weighted by atomic mass is 14.5. The summed E-state index contributed by atoms with van der Waals surface area (Å²) in [6.07, 6.45) is 6.70. The highest BCUT2D eigenvalue weighted by molar-refractivity contribution is 5.40. The fraction of sp³-hybridized carbons (Fsp3) is 0.571. The Balaban J connectivity index is 2.33. The Morgan fingerprint density at radius 1 is 1.07 bits per heavy atom. The van der Waals surface area contributed by atoms with Gasteiger partial charge in [-0.05, 0) is 30.0 Å². The molecular formula is C14H23N. The van der Waals surface area contributed by atoms with Crippen LogP contribution < -0.4 is 5.73 Å². The van der Waals surface area contributed by atoms with Crippen molar-refractivity contribution in [2.45, 2.75) is 51.9 Å². The van der Waals surface area contributed by atoms with Gasteiger partial charge in [0.25, 0.3) is 0 Å². The topological polar surface area (TPSA) is 26.0 Å². The smallest absolute Gasteiger partial charge is 0.0314 e. The maximum atomic E-state index is 5.67. The molecule has 0 aliphatic rings. The molecule has 0 saturated carbocycles. The molecule has 0 aliphatic carbocycles. The van der Waals surface area contributed by atoms with Crippen molar-refractivity contribution in [1.29, 1.82) is 0 Å². The standard InChI is InChI=1S/C14H23N/c1-3-4-5-6-7-12(2)13-8-10-14(15)11-9-13/h8-12H,3-7,15H2,1-2H3/t12-/m0/s1. The van der Waals surface area contributed by atoms with E-state index < -0.39 is 0 Å². The third-order valence-corrected chi connectivity index (χ3v) is 3.00. The zero-order valence-electron chi connectivity index (χ0n) is 10.00. The number of nitrogens with two attached hydrogens (primary N) is 1. The minimum atomic E-state index is 0.669. The van der Waals surface area contributed by atoms with Crippen molar-refractivity contribution in [3.8, 4) is 0 Å². The molecule has 1 rings (SSSR count). The van der Waals surface area contributed by atoms with E-state index >= 15 is 0 Å². The van der Waals surface area contributed by atoms with Crippen molar-refractivity contribution in [3.05, 3.63) is 29.8 Å². The van der Waals surface area contributed by atoms with Crippen LogP contribution in [0.2, 0.25) is 0 Å². The molecule has 1 aromatic carbocycles. The van der Waals surface area contributed by atoms with Crippen LogP contribution in [0.3, 0.4) is 0 Å². The van der Waals surface area contributed by atoms with Gasteiger partial charge in [0.2, 0.25) is 0 Å². The summed E-state index contributed by atoms with van der Waals surface area (Å²) in [7, 11) is 0. The Kier molecular flexibility index (Phi) is 5.23. The van der Waals surface area contributed by atoms with Gasteiger partial charge in [-0.3, -0.25) is 0 Å². The third-order valence-electron chi connectivity index (χ3n) is 3.00. The Hall–Kier alpha value is -0.980. The summed E-state index contributed by atoms with van der Waals surface area (Å²) < 4.78 is 0. The SMILES string of the molecule is CCCCCC[C@H](C)c1ccc(N)cc1. The molecule has 0 amide bonds. The minimum absolute atomic E-state index is 0.669. The minimum Gasteiger partial charge on any atom is -0.399 e. The molecule has 0 saturated heterocycles. The quantitative estimate of drug-likeness (QED) is 0.542. The molecule has 0 radical (unpaired) electrons. The summed E-state index contributed by atoms with van der Waals surface area (Å²) in [5.41, 5.74) is 7.94. The van der Waals surface area contributed by atoms with Gasteiger partial charge in [0.1, 0.15) is 0 Å². The average molecular weight is 205 g/mol. The van der Waals surface area contributed by atoms with Crippen LogP contribution in [-0.4, -0.2) is 0 Å². The summed E-state index contributed by atoms with van der Waals surface area (Å²) in [4.78, 5) is 0. The Bertz CT molecular complexity index is 263. The predicted octanol–water partition coefficient (Wildman–Crippen LogP) is 4.34. The van der Waals surface area contributed by atoms with Gasteiger partial charge in [0.15, 0.2) is 0 Å². The second-order valence-electron chi connectivity index (χ2n) is 4.42. The zero-order chi connectivity index (χ0) is 11.1. The number of anilines is 1. The molecule has 15 heavy (non-hydrogen) atoms. The third kappa shape index (κ3) is 4.37. The Labute approximate surface area is 93.7 Å². The predicted molar refractivity (Wildman–Crippen MR) is 68.0 cm³/mol. The van der Waals surface area contributed by atoms with Crippen molar-refractivity contribution >= 4 is 5.69 Å². The summed E-state index contributed by atoms with van der Waals surface area (Å²) in [5.74, 6) is 0.669. The molecule has 2 N–H and O–H groups in total. The molecule has 0 fully saturated rings. The second kappa shape index (κ2) is 6.49. The summed E-state index contributed by atoms with van der Waals surface area (Å²) in [6, 6.07) is 8.30. The largest absolute Gasteiger partial charge is 0.399 e. The molecule has 0 aromatic heterocycles. The number of benzene rings is 1. The first kappa shape index (κ1) is 12.1. The summed E-state index contributed by atoms with van der Waals surface area (Å²) in [5, 5.41) is 0. The molecule has 1 atom stereocenters. The van der Waals surface area contributed by atoms with Crippen LogP contribution >= 0.6 is 0 Å². The number of hydrogen-bond donors (Lipinski definition) is 1. The van der Waals surface area contributed by atoms with Crippen molar-refractivity contribution < 1.29 is 0 Å². The summed E-state index contributed by atoms with van der Waals surface area (Å²) >= 11 is 0. The first-order valence-corrected chi connectivity index (χ1v) is 6.09. The maximum Gasteiger partial charge on any atom is 0.0314 e. The number of rotatable bonds is 6. The molecule has 0 heterocycles. The van der Waals surface area contributed by atoms with Gasteiger partial charge in [-0.2, -0.15) is 0 Å². The van der Waals surface area contributed by atoms with Crippen LogP contribution in [0.15, 0.2) is 24.3 Å². The van der Waals surface area contributed by atoms with E-state index in [1.807, 2.05) is 12.1 Å². The van der Waals surface area contributed by atoms with Gasteiger partial charge in [-0.25, -0.2) is 0 Å². The second-order valence-corrected chi connectivity index (χ2v) is 4.42. The van der Waals surface area contributed by atoms with E-state index in [9.17, 15) is 0 Å². The lowest BCUT2D eigenvalue weighted by atomic mass is 9.95.